The molecule has 2 amide bonds. The van der Waals surface area contributed by atoms with Gasteiger partial charge in [0.25, 0.3) is 0 Å². The number of aromatic nitrogens is 4. The molecular formula is C14H13ClN6O2. The molecule has 3 heterocycles. The highest BCUT2D eigenvalue weighted by atomic mass is 35.5. The van der Waals surface area contributed by atoms with Gasteiger partial charge in [-0.2, -0.15) is 0 Å². The molecule has 1 aromatic heterocycles. The second-order valence-electron chi connectivity index (χ2n) is 5.54. The van der Waals surface area contributed by atoms with Crippen molar-refractivity contribution in [3.8, 4) is 5.69 Å². The van der Waals surface area contributed by atoms with Gasteiger partial charge in [-0.15, -0.1) is 15.0 Å². The molecule has 2 saturated heterocycles. The second-order valence-corrected chi connectivity index (χ2v) is 5.98. The third kappa shape index (κ3) is 2.35. The predicted molar refractivity (Wildman–Crippen MR) is 79.8 cm³/mol. The summed E-state index contributed by atoms with van der Waals surface area (Å²) in [7, 11) is 0. The minimum Gasteiger partial charge on any atom is -0.345 e. The zero-order valence-electron chi connectivity index (χ0n) is 12.0. The normalized spacial score (nSPS) is 23.8. The Kier molecular flexibility index (Phi) is 3.26. The van der Waals surface area contributed by atoms with Crippen LogP contribution in [0.4, 0.5) is 0 Å². The van der Waals surface area contributed by atoms with E-state index in [1.54, 1.807) is 23.1 Å². The van der Waals surface area contributed by atoms with E-state index in [0.717, 1.165) is 0 Å². The molecule has 23 heavy (non-hydrogen) atoms. The number of nitrogens with zero attached hydrogens (tertiary/aromatic N) is 5. The van der Waals surface area contributed by atoms with Crippen molar-refractivity contribution in [3.05, 3.63) is 35.1 Å². The Morgan fingerprint density at radius 1 is 1.22 bits per heavy atom. The number of tetrazole rings is 1. The van der Waals surface area contributed by atoms with E-state index in [0.29, 0.717) is 29.4 Å². The van der Waals surface area contributed by atoms with Crippen LogP contribution in [-0.2, 0) is 9.59 Å². The lowest BCUT2D eigenvalue weighted by Gasteiger charge is -2.32. The summed E-state index contributed by atoms with van der Waals surface area (Å²) in [5, 5.41) is 15.6. The number of carbonyl (C=O) groups excluding carboxylic acids is 2. The molecule has 0 spiro atoms. The maximum atomic E-state index is 12.1. The number of fused-ring (bicyclic) bond motifs is 1. The molecule has 4 rings (SSSR count). The number of hydrogen-bond acceptors (Lipinski definition) is 5. The fourth-order valence-corrected chi connectivity index (χ4v) is 3.29. The van der Waals surface area contributed by atoms with Gasteiger partial charge in [0.15, 0.2) is 5.82 Å². The van der Waals surface area contributed by atoms with Crippen molar-refractivity contribution in [2.75, 3.05) is 6.54 Å². The Bertz CT molecular complexity index is 791. The Morgan fingerprint density at radius 2 is 2.04 bits per heavy atom. The van der Waals surface area contributed by atoms with Crippen molar-refractivity contribution in [2.45, 2.75) is 24.9 Å². The molecule has 9 heteroatoms. The van der Waals surface area contributed by atoms with Crippen molar-refractivity contribution in [1.29, 1.82) is 0 Å². The van der Waals surface area contributed by atoms with Crippen LogP contribution in [0.15, 0.2) is 24.3 Å². The highest BCUT2D eigenvalue weighted by Gasteiger charge is 2.45. The largest absolute Gasteiger partial charge is 0.345 e. The molecular weight excluding hydrogens is 320 g/mol. The van der Waals surface area contributed by atoms with Crippen molar-refractivity contribution in [3.63, 3.8) is 0 Å². The zero-order valence-corrected chi connectivity index (χ0v) is 12.8. The van der Waals surface area contributed by atoms with Crippen molar-refractivity contribution in [2.24, 2.45) is 0 Å². The highest BCUT2D eigenvalue weighted by Crippen LogP contribution is 2.35. The van der Waals surface area contributed by atoms with E-state index >= 15 is 0 Å². The van der Waals surface area contributed by atoms with Crippen molar-refractivity contribution < 1.29 is 9.59 Å². The van der Waals surface area contributed by atoms with Crippen LogP contribution in [0.2, 0.25) is 5.02 Å². The van der Waals surface area contributed by atoms with E-state index in [-0.39, 0.29) is 24.4 Å². The number of halogens is 1. The quantitative estimate of drug-likeness (QED) is 0.863. The van der Waals surface area contributed by atoms with Gasteiger partial charge < -0.3 is 10.2 Å². The Balaban J connectivity index is 1.64. The fraction of sp³-hybridized carbons (Fsp3) is 0.357. The number of amides is 2. The minimum absolute atomic E-state index is 0.0221. The third-order valence-electron chi connectivity index (χ3n) is 4.16. The van der Waals surface area contributed by atoms with E-state index < -0.39 is 6.04 Å². The fourth-order valence-electron chi connectivity index (χ4n) is 3.11. The Hall–Kier alpha value is -2.48. The average molecular weight is 333 g/mol. The van der Waals surface area contributed by atoms with Crippen LogP contribution >= 0.6 is 11.6 Å². The highest BCUT2D eigenvalue weighted by molar-refractivity contribution is 6.30. The van der Waals surface area contributed by atoms with Gasteiger partial charge in [-0.25, -0.2) is 0 Å². The van der Waals surface area contributed by atoms with Gasteiger partial charge in [-0.1, -0.05) is 17.7 Å². The maximum Gasteiger partial charge on any atom is 0.243 e. The van der Waals surface area contributed by atoms with Gasteiger partial charge in [0, 0.05) is 5.02 Å². The van der Waals surface area contributed by atoms with Crippen LogP contribution in [0.5, 0.6) is 0 Å². The lowest BCUT2D eigenvalue weighted by atomic mass is 10.2. The van der Waals surface area contributed by atoms with Gasteiger partial charge in [-0.05, 0) is 36.3 Å². The van der Waals surface area contributed by atoms with E-state index in [4.69, 9.17) is 11.6 Å². The van der Waals surface area contributed by atoms with Crippen molar-refractivity contribution in [1.82, 2.24) is 30.4 Å². The van der Waals surface area contributed by atoms with Crippen LogP contribution in [-0.4, -0.2) is 49.5 Å². The molecule has 0 unspecified atom stereocenters. The molecule has 2 aliphatic heterocycles. The summed E-state index contributed by atoms with van der Waals surface area (Å²) in [6, 6.07) is 6.35. The number of nitrogens with one attached hydrogen (secondary N) is 1. The van der Waals surface area contributed by atoms with Gasteiger partial charge in [0.2, 0.25) is 11.8 Å². The van der Waals surface area contributed by atoms with Gasteiger partial charge in [0.1, 0.15) is 6.04 Å². The van der Waals surface area contributed by atoms with Crippen LogP contribution in [0.3, 0.4) is 0 Å². The summed E-state index contributed by atoms with van der Waals surface area (Å²) < 4.78 is 0. The first kappa shape index (κ1) is 14.1. The molecule has 1 aromatic carbocycles. The molecule has 2 fully saturated rings. The molecule has 0 aliphatic carbocycles. The van der Waals surface area contributed by atoms with Crippen LogP contribution in [0.25, 0.3) is 5.69 Å². The third-order valence-corrected chi connectivity index (χ3v) is 4.39. The second kappa shape index (κ2) is 5.31. The first-order valence-corrected chi connectivity index (χ1v) is 7.66. The number of piperazine rings is 1. The lowest BCUT2D eigenvalue weighted by Crippen LogP contribution is -2.56. The summed E-state index contributed by atoms with van der Waals surface area (Å²) >= 11 is 5.97. The first-order valence-electron chi connectivity index (χ1n) is 7.28. The zero-order chi connectivity index (χ0) is 16.0. The number of rotatable bonds is 2. The average Bonchev–Trinajstić information content (AvgIpc) is 3.18. The summed E-state index contributed by atoms with van der Waals surface area (Å²) in [5.41, 5.74) is 0.688. The van der Waals surface area contributed by atoms with Crippen molar-refractivity contribution >= 4 is 23.4 Å². The van der Waals surface area contributed by atoms with Gasteiger partial charge >= 0.3 is 0 Å². The first-order chi connectivity index (χ1) is 11.1. The van der Waals surface area contributed by atoms with Crippen LogP contribution in [0, 0.1) is 0 Å². The Morgan fingerprint density at radius 3 is 2.87 bits per heavy atom. The maximum absolute atomic E-state index is 12.1. The summed E-state index contributed by atoms with van der Waals surface area (Å²) in [4.78, 5) is 27.0. The van der Waals surface area contributed by atoms with E-state index in [9.17, 15) is 9.59 Å². The smallest absolute Gasteiger partial charge is 0.243 e. The Labute approximate surface area is 136 Å². The predicted octanol–water partition coefficient (Wildman–Crippen LogP) is 0.478. The molecule has 1 N–H and O–H groups in total. The molecule has 2 aliphatic rings. The van der Waals surface area contributed by atoms with E-state index in [1.165, 1.54) is 4.80 Å². The number of hydrogen-bond donors (Lipinski definition) is 1. The molecule has 2 atom stereocenters. The van der Waals surface area contributed by atoms with E-state index in [1.807, 2.05) is 6.07 Å². The molecule has 118 valence electrons. The van der Waals surface area contributed by atoms with Gasteiger partial charge in [-0.3, -0.25) is 9.59 Å². The topological polar surface area (TPSA) is 93.0 Å². The lowest BCUT2D eigenvalue weighted by molar-refractivity contribution is -0.145. The molecule has 2 aromatic rings. The monoisotopic (exact) mass is 332 g/mol. The molecule has 0 bridgehead atoms. The summed E-state index contributed by atoms with van der Waals surface area (Å²) in [6.45, 7) is 0.0221. The minimum atomic E-state index is -0.431. The molecule has 0 radical (unpaired) electrons. The molecule has 0 saturated carbocycles. The van der Waals surface area contributed by atoms with E-state index in [2.05, 4.69) is 20.7 Å². The van der Waals surface area contributed by atoms with Crippen LogP contribution in [0.1, 0.15) is 24.7 Å². The van der Waals surface area contributed by atoms with Gasteiger partial charge in [0.05, 0.1) is 18.3 Å². The van der Waals surface area contributed by atoms with Crippen LogP contribution < -0.4 is 5.32 Å². The summed E-state index contributed by atoms with van der Waals surface area (Å²) in [5.74, 6) is 0.209. The number of carbonyl (C=O) groups is 2. The summed E-state index contributed by atoms with van der Waals surface area (Å²) in [6.07, 6.45) is 1.25. The molecule has 8 nitrogen and oxygen atoms in total. The number of benzene rings is 1. The standard InChI is InChI=1S/C14H13ClN6O2/c15-8-2-1-3-9(6-8)21-18-13(17-19-21)10-4-5-11-14(23)16-7-12(22)20(10)11/h1-3,6,10-11H,4-5,7H2,(H,16,23)/t10-,11+/m1/s1. The SMILES string of the molecule is O=C1NCC(=O)N2[C@@H](c3nnn(-c4cccc(Cl)c4)n3)CC[C@@H]12.